The van der Waals surface area contributed by atoms with Gasteiger partial charge in [-0.2, -0.15) is 0 Å². The van der Waals surface area contributed by atoms with Gasteiger partial charge < -0.3 is 62.0 Å². The summed E-state index contributed by atoms with van der Waals surface area (Å²) in [5, 5.41) is 70.0. The van der Waals surface area contributed by atoms with Crippen molar-refractivity contribution < 1.29 is 54.3 Å². The Morgan fingerprint density at radius 1 is 0.909 bits per heavy atom. The van der Waals surface area contributed by atoms with Gasteiger partial charge in [-0.15, -0.1) is 11.8 Å². The number of hydrogen-bond acceptors (Lipinski definition) is 13. The first-order valence-electron chi connectivity index (χ1n) is 18.1. The van der Waals surface area contributed by atoms with E-state index < -0.39 is 115 Å². The quantitative estimate of drug-likeness (QED) is 0.141. The number of H-pyrrole nitrogens is 1. The van der Waals surface area contributed by atoms with Gasteiger partial charge in [0, 0.05) is 42.5 Å². The maximum absolute atomic E-state index is 14.3. The van der Waals surface area contributed by atoms with E-state index in [1.165, 1.54) is 27.7 Å². The molecule has 0 radical (unpaired) electrons. The van der Waals surface area contributed by atoms with Crippen molar-refractivity contribution in [3.05, 3.63) is 29.8 Å². The first-order valence-corrected chi connectivity index (χ1v) is 19.1. The van der Waals surface area contributed by atoms with Crippen LogP contribution in [-0.4, -0.2) is 156 Å². The number of aliphatic hydroxyl groups is 5. The van der Waals surface area contributed by atoms with E-state index in [4.69, 9.17) is 0 Å². The summed E-state index contributed by atoms with van der Waals surface area (Å²) in [6.07, 6.45) is -4.97. The number of benzene rings is 1. The highest BCUT2D eigenvalue weighted by atomic mass is 32.2. The summed E-state index contributed by atoms with van der Waals surface area (Å²) in [5.41, 5.74) is -0.660. The summed E-state index contributed by atoms with van der Waals surface area (Å²) in [6, 6.07) is -2.38. The minimum atomic E-state index is -1.88. The smallest absolute Gasteiger partial charge is 0.246 e. The zero-order valence-corrected chi connectivity index (χ0v) is 31.7. The first kappa shape index (κ1) is 41.8. The molecule has 6 amide bonds. The van der Waals surface area contributed by atoms with Gasteiger partial charge in [-0.05, 0) is 39.3 Å². The molecule has 3 aliphatic heterocycles. The third-order valence-corrected chi connectivity index (χ3v) is 11.2. The Balaban J connectivity index is 1.68. The monoisotopic (exact) mass is 790 g/mol. The van der Waals surface area contributed by atoms with Gasteiger partial charge in [-0.3, -0.25) is 34.1 Å². The van der Waals surface area contributed by atoms with E-state index in [0.717, 1.165) is 16.7 Å². The molecule has 1 aromatic carbocycles. The average molecular weight is 791 g/mol. The summed E-state index contributed by atoms with van der Waals surface area (Å²) in [5.74, 6) is -5.25. The molecule has 12 N–H and O–H groups in total. The highest BCUT2D eigenvalue weighted by Crippen LogP contribution is 2.32. The van der Waals surface area contributed by atoms with E-state index in [2.05, 4.69) is 36.9 Å². The molecule has 1 fully saturated rings. The van der Waals surface area contributed by atoms with Crippen LogP contribution in [0.5, 0.6) is 0 Å². The summed E-state index contributed by atoms with van der Waals surface area (Å²) in [7, 11) is 0. The van der Waals surface area contributed by atoms with Crippen molar-refractivity contribution in [2.45, 2.75) is 118 Å². The third-order valence-electron chi connectivity index (χ3n) is 10.0. The van der Waals surface area contributed by atoms with Crippen LogP contribution in [0.25, 0.3) is 10.9 Å². The van der Waals surface area contributed by atoms with E-state index in [-0.39, 0.29) is 25.1 Å². The molecule has 0 spiro atoms. The standard InChI is InChI=1S/C35H50N8O11S/c1-15-27(47)38-22-10-20-19-7-5-6-8-21(19)41-33(20)55-13-24(34(53)43-12-18(46)9-25(43)31(51)37-15)40-32(52)26(17(3)45)42-28(48)16(2)36-30(50)23(39-29(22)49)11-35(4,54)14-44/h5-8,15-18,22-27,38,41,44-47,54H,9-14H2,1-4H3,(H,36,50)(H,37,51)(H,39,49)(H,40,52)(H,42,48)/t15-,16-,17-,18+,22-,23-,24-,25-,26+,27+,35+/m0/s1. The largest absolute Gasteiger partial charge is 0.393 e. The van der Waals surface area contributed by atoms with Gasteiger partial charge in [0.25, 0.3) is 0 Å². The third kappa shape index (κ3) is 9.74. The first-order chi connectivity index (χ1) is 25.9. The fourth-order valence-corrected chi connectivity index (χ4v) is 7.95. The van der Waals surface area contributed by atoms with Crippen LogP contribution in [0.2, 0.25) is 0 Å². The molecule has 3 aliphatic rings. The van der Waals surface area contributed by atoms with Crippen LogP contribution in [0.4, 0.5) is 0 Å². The predicted molar refractivity (Wildman–Crippen MR) is 197 cm³/mol. The van der Waals surface area contributed by atoms with Crippen LogP contribution in [-0.2, 0) is 35.2 Å². The van der Waals surface area contributed by atoms with Gasteiger partial charge in [0.1, 0.15) is 36.4 Å². The van der Waals surface area contributed by atoms with Gasteiger partial charge in [0.2, 0.25) is 35.4 Å². The normalized spacial score (nSPS) is 32.2. The number of carbonyl (C=O) groups is 6. The van der Waals surface area contributed by atoms with Crippen LogP contribution < -0.4 is 31.9 Å². The molecule has 0 saturated carbocycles. The lowest BCUT2D eigenvalue weighted by atomic mass is 9.96. The van der Waals surface area contributed by atoms with Crippen molar-refractivity contribution in [3.8, 4) is 0 Å². The zero-order chi connectivity index (χ0) is 40.4. The minimum Gasteiger partial charge on any atom is -0.393 e. The average Bonchev–Trinajstić information content (AvgIpc) is 3.69. The number of aliphatic hydroxyl groups excluding tert-OH is 4. The Morgan fingerprint density at radius 2 is 1.62 bits per heavy atom. The molecule has 1 aromatic heterocycles. The van der Waals surface area contributed by atoms with Gasteiger partial charge in [0.15, 0.2) is 0 Å². The second-order valence-corrected chi connectivity index (χ2v) is 15.8. The fourth-order valence-electron chi connectivity index (χ4n) is 6.84. The van der Waals surface area contributed by atoms with E-state index in [9.17, 15) is 54.3 Å². The molecule has 2 aromatic rings. The van der Waals surface area contributed by atoms with Gasteiger partial charge in [-0.1, -0.05) is 18.2 Å². The molecule has 302 valence electrons. The molecular formula is C35H50N8O11S. The predicted octanol–water partition coefficient (Wildman–Crippen LogP) is -3.95. The van der Waals surface area contributed by atoms with E-state index in [1.54, 1.807) is 24.3 Å². The highest BCUT2D eigenvalue weighted by molar-refractivity contribution is 7.99. The van der Waals surface area contributed by atoms with Crippen molar-refractivity contribution in [3.63, 3.8) is 0 Å². The molecule has 0 aliphatic carbocycles. The number of aromatic amines is 1. The summed E-state index contributed by atoms with van der Waals surface area (Å²) < 4.78 is 0. The van der Waals surface area contributed by atoms with Gasteiger partial charge in [0.05, 0.1) is 41.5 Å². The Bertz CT molecular complexity index is 1790. The van der Waals surface area contributed by atoms with Crippen LogP contribution in [0.1, 0.15) is 46.1 Å². The topological polar surface area (TPSA) is 295 Å². The number of nitrogens with one attached hydrogen (secondary N) is 7. The van der Waals surface area contributed by atoms with E-state index >= 15 is 0 Å². The number of amides is 6. The van der Waals surface area contributed by atoms with E-state index in [1.807, 2.05) is 0 Å². The number of nitrogens with zero attached hydrogens (tertiary/aromatic N) is 1. The van der Waals surface area contributed by atoms with Crippen molar-refractivity contribution in [1.29, 1.82) is 0 Å². The van der Waals surface area contributed by atoms with Crippen LogP contribution >= 0.6 is 11.8 Å². The number of rotatable bonds is 4. The van der Waals surface area contributed by atoms with E-state index in [0.29, 0.717) is 21.5 Å². The Morgan fingerprint density at radius 3 is 2.31 bits per heavy atom. The van der Waals surface area contributed by atoms with Crippen LogP contribution in [0.3, 0.4) is 0 Å². The van der Waals surface area contributed by atoms with Crippen molar-refractivity contribution in [1.82, 2.24) is 41.8 Å². The van der Waals surface area contributed by atoms with Gasteiger partial charge in [-0.25, -0.2) is 0 Å². The van der Waals surface area contributed by atoms with Crippen LogP contribution in [0, 0.1) is 0 Å². The fraction of sp³-hybridized carbons (Fsp3) is 0.600. The lowest BCUT2D eigenvalue weighted by molar-refractivity contribution is -0.142. The molecule has 11 atom stereocenters. The van der Waals surface area contributed by atoms with Crippen molar-refractivity contribution >= 4 is 58.1 Å². The molecule has 0 unspecified atom stereocenters. The number of fused-ring (bicyclic) bond motifs is 5. The van der Waals surface area contributed by atoms with Gasteiger partial charge >= 0.3 is 0 Å². The number of aromatic nitrogens is 1. The maximum atomic E-state index is 14.3. The number of thioether (sulfide) groups is 1. The summed E-state index contributed by atoms with van der Waals surface area (Å²) in [4.78, 5) is 87.6. The molecule has 20 heteroatoms. The molecule has 2 bridgehead atoms. The summed E-state index contributed by atoms with van der Waals surface area (Å²) >= 11 is 1.11. The SMILES string of the molecule is C[C@@H]1NC(=O)[C@H](C[C@@](C)(O)CO)NC(=O)[C@@H]2Cc3c([nH]c4ccccc34)SC[C@H](NC(=O)[C@@H]([C@H](C)O)NC1=O)C(=O)N1C[C@H](O)C[C@H]1C(=O)N[C@@H](C)[C@@H](O)N2. The minimum absolute atomic E-state index is 0.130. The highest BCUT2D eigenvalue weighted by Gasteiger charge is 2.44. The number of para-hydroxylation sites is 1. The Kier molecular flexibility index (Phi) is 13.1. The number of hydrogen-bond donors (Lipinski definition) is 12. The molecule has 4 heterocycles. The molecule has 1 saturated heterocycles. The van der Waals surface area contributed by atoms with Crippen molar-refractivity contribution in [2.75, 3.05) is 18.9 Å². The molecule has 55 heavy (non-hydrogen) atoms. The Labute approximate surface area is 320 Å². The second kappa shape index (κ2) is 17.2. The van der Waals surface area contributed by atoms with Crippen molar-refractivity contribution in [2.24, 2.45) is 0 Å². The lowest BCUT2D eigenvalue weighted by Crippen LogP contribution is -2.62. The molecular weight excluding hydrogens is 740 g/mol. The number of carbonyl (C=O) groups excluding carboxylic acids is 6. The zero-order valence-electron chi connectivity index (χ0n) is 30.9. The maximum Gasteiger partial charge on any atom is 0.246 e. The molecule has 5 rings (SSSR count). The summed E-state index contributed by atoms with van der Waals surface area (Å²) in [6.45, 7) is 4.19. The second-order valence-electron chi connectivity index (χ2n) is 14.8. The molecule has 19 nitrogen and oxygen atoms in total. The van der Waals surface area contributed by atoms with Crippen LogP contribution in [0.15, 0.2) is 29.3 Å². The Hall–Kier alpha value is -4.31. The lowest BCUT2D eigenvalue weighted by Gasteiger charge is -2.31.